The zero-order valence-electron chi connectivity index (χ0n) is 11.5. The molecule has 0 N–H and O–H groups in total. The Morgan fingerprint density at radius 2 is 2.05 bits per heavy atom. The molecule has 0 saturated heterocycles. The summed E-state index contributed by atoms with van der Waals surface area (Å²) in [5.74, 6) is 2.27. The average Bonchev–Trinajstić information content (AvgIpc) is 3.14. The van der Waals surface area contributed by atoms with Gasteiger partial charge in [-0.05, 0) is 24.6 Å². The Kier molecular flexibility index (Phi) is 4.16. The van der Waals surface area contributed by atoms with Gasteiger partial charge in [0.1, 0.15) is 5.76 Å². The molecule has 0 spiro atoms. The fourth-order valence-electron chi connectivity index (χ4n) is 1.76. The van der Waals surface area contributed by atoms with Gasteiger partial charge in [0.2, 0.25) is 5.16 Å². The van der Waals surface area contributed by atoms with Crippen LogP contribution in [0.5, 0.6) is 0 Å². The Balaban J connectivity index is 1.74. The summed E-state index contributed by atoms with van der Waals surface area (Å²) in [4.78, 5) is 0. The summed E-state index contributed by atoms with van der Waals surface area (Å²) in [6, 6.07) is 13.9. The molecule has 0 aliphatic rings. The minimum atomic E-state index is 0.696. The zero-order chi connectivity index (χ0) is 14.5. The second-order valence-electron chi connectivity index (χ2n) is 4.38. The lowest BCUT2D eigenvalue weighted by Gasteiger charge is -2.02. The Morgan fingerprint density at radius 1 is 1.19 bits per heavy atom. The van der Waals surface area contributed by atoms with Crippen molar-refractivity contribution in [3.63, 3.8) is 0 Å². The predicted octanol–water partition coefficient (Wildman–Crippen LogP) is 3.35. The summed E-state index contributed by atoms with van der Waals surface area (Å²) in [5, 5.41) is 13.4. The van der Waals surface area contributed by atoms with Crippen LogP contribution < -0.4 is 0 Å². The van der Waals surface area contributed by atoms with E-state index in [0.717, 1.165) is 16.7 Å². The molecule has 0 fully saturated rings. The molecular weight excluding hydrogens is 284 g/mol. The maximum absolute atomic E-state index is 5.23. The molecule has 6 heteroatoms. The standard InChI is InChI=1S/C15H14N4OS/c1-12-17-18-15(21-11-13-6-3-2-4-7-13)19(12)16-10-14-8-5-9-20-14/h2-10H,11H2,1H3/b16-10+. The van der Waals surface area contributed by atoms with Crippen molar-refractivity contribution in [3.05, 3.63) is 65.9 Å². The Labute approximate surface area is 126 Å². The minimum Gasteiger partial charge on any atom is -0.463 e. The lowest BCUT2D eigenvalue weighted by Crippen LogP contribution is -1.96. The van der Waals surface area contributed by atoms with Crippen LogP contribution in [0.15, 0.2) is 63.4 Å². The van der Waals surface area contributed by atoms with E-state index in [2.05, 4.69) is 27.4 Å². The quantitative estimate of drug-likeness (QED) is 0.535. The van der Waals surface area contributed by atoms with Crippen molar-refractivity contribution in [2.75, 3.05) is 0 Å². The van der Waals surface area contributed by atoms with Crippen LogP contribution in [0.25, 0.3) is 0 Å². The molecule has 0 amide bonds. The first kappa shape index (κ1) is 13.6. The number of aromatic nitrogens is 3. The van der Waals surface area contributed by atoms with E-state index in [1.165, 1.54) is 5.56 Å². The van der Waals surface area contributed by atoms with Gasteiger partial charge in [-0.3, -0.25) is 0 Å². The van der Waals surface area contributed by atoms with E-state index >= 15 is 0 Å². The highest BCUT2D eigenvalue weighted by atomic mass is 32.2. The highest BCUT2D eigenvalue weighted by Gasteiger charge is 2.08. The van der Waals surface area contributed by atoms with Crippen LogP contribution in [-0.2, 0) is 5.75 Å². The fourth-order valence-corrected chi connectivity index (χ4v) is 2.65. The number of hydrogen-bond donors (Lipinski definition) is 0. The third-order valence-electron chi connectivity index (χ3n) is 2.82. The molecule has 2 heterocycles. The van der Waals surface area contributed by atoms with E-state index in [1.807, 2.05) is 37.3 Å². The molecule has 2 aromatic heterocycles. The van der Waals surface area contributed by atoms with Gasteiger partial charge in [0, 0.05) is 5.75 Å². The molecule has 0 saturated carbocycles. The molecule has 3 rings (SSSR count). The molecule has 1 aromatic carbocycles. The van der Waals surface area contributed by atoms with Gasteiger partial charge in [0.05, 0.1) is 12.5 Å². The van der Waals surface area contributed by atoms with Gasteiger partial charge < -0.3 is 4.42 Å². The second-order valence-corrected chi connectivity index (χ2v) is 5.32. The van der Waals surface area contributed by atoms with E-state index in [4.69, 9.17) is 4.42 Å². The predicted molar refractivity (Wildman–Crippen MR) is 82.5 cm³/mol. The van der Waals surface area contributed by atoms with E-state index < -0.39 is 0 Å². The largest absolute Gasteiger partial charge is 0.463 e. The molecular formula is C15H14N4OS. The van der Waals surface area contributed by atoms with Crippen LogP contribution in [0.1, 0.15) is 17.1 Å². The molecule has 0 atom stereocenters. The van der Waals surface area contributed by atoms with Crippen LogP contribution >= 0.6 is 11.8 Å². The van der Waals surface area contributed by atoms with Crippen LogP contribution in [0.3, 0.4) is 0 Å². The lowest BCUT2D eigenvalue weighted by molar-refractivity contribution is 0.559. The first-order valence-corrected chi connectivity index (χ1v) is 7.48. The Hall–Kier alpha value is -2.34. The van der Waals surface area contributed by atoms with Crippen molar-refractivity contribution in [2.24, 2.45) is 5.10 Å². The van der Waals surface area contributed by atoms with Crippen molar-refractivity contribution in [1.82, 2.24) is 14.9 Å². The highest BCUT2D eigenvalue weighted by molar-refractivity contribution is 7.98. The number of aryl methyl sites for hydroxylation is 1. The Morgan fingerprint density at radius 3 is 2.81 bits per heavy atom. The van der Waals surface area contributed by atoms with Crippen molar-refractivity contribution in [1.29, 1.82) is 0 Å². The lowest BCUT2D eigenvalue weighted by atomic mass is 10.2. The minimum absolute atomic E-state index is 0.696. The summed E-state index contributed by atoms with van der Waals surface area (Å²) < 4.78 is 6.95. The molecule has 0 unspecified atom stereocenters. The Bertz CT molecular complexity index is 719. The fraction of sp³-hybridized carbons (Fsp3) is 0.133. The summed E-state index contributed by atoms with van der Waals surface area (Å²) in [7, 11) is 0. The molecule has 0 bridgehead atoms. The monoisotopic (exact) mass is 298 g/mol. The van der Waals surface area contributed by atoms with Gasteiger partial charge in [-0.15, -0.1) is 10.2 Å². The van der Waals surface area contributed by atoms with Crippen LogP contribution in [-0.4, -0.2) is 21.1 Å². The van der Waals surface area contributed by atoms with Gasteiger partial charge in [-0.1, -0.05) is 42.1 Å². The van der Waals surface area contributed by atoms with Crippen molar-refractivity contribution < 1.29 is 4.42 Å². The molecule has 3 aromatic rings. The topological polar surface area (TPSA) is 56.2 Å². The number of furan rings is 1. The van der Waals surface area contributed by atoms with Gasteiger partial charge in [0.25, 0.3) is 0 Å². The SMILES string of the molecule is Cc1nnc(SCc2ccccc2)n1/N=C/c1ccco1. The van der Waals surface area contributed by atoms with Gasteiger partial charge >= 0.3 is 0 Å². The summed E-state index contributed by atoms with van der Waals surface area (Å²) in [5.41, 5.74) is 1.24. The van der Waals surface area contributed by atoms with Gasteiger partial charge in [-0.2, -0.15) is 9.78 Å². The van der Waals surface area contributed by atoms with Crippen molar-refractivity contribution in [3.8, 4) is 0 Å². The summed E-state index contributed by atoms with van der Waals surface area (Å²) >= 11 is 1.60. The highest BCUT2D eigenvalue weighted by Crippen LogP contribution is 2.21. The number of thioether (sulfide) groups is 1. The number of rotatable bonds is 5. The molecule has 5 nitrogen and oxygen atoms in total. The van der Waals surface area contributed by atoms with E-state index in [0.29, 0.717) is 5.76 Å². The molecule has 21 heavy (non-hydrogen) atoms. The number of nitrogens with zero attached hydrogens (tertiary/aromatic N) is 4. The zero-order valence-corrected chi connectivity index (χ0v) is 12.3. The normalized spacial score (nSPS) is 11.3. The van der Waals surface area contributed by atoms with E-state index in [-0.39, 0.29) is 0 Å². The smallest absolute Gasteiger partial charge is 0.212 e. The molecule has 0 aliphatic heterocycles. The van der Waals surface area contributed by atoms with Crippen LogP contribution in [0.4, 0.5) is 0 Å². The third kappa shape index (κ3) is 3.41. The second kappa shape index (κ2) is 6.41. The average molecular weight is 298 g/mol. The molecule has 0 aliphatic carbocycles. The first-order chi connectivity index (χ1) is 10.3. The maximum Gasteiger partial charge on any atom is 0.212 e. The first-order valence-electron chi connectivity index (χ1n) is 6.49. The third-order valence-corrected chi connectivity index (χ3v) is 3.81. The maximum atomic E-state index is 5.23. The summed E-state index contributed by atoms with van der Waals surface area (Å²) in [6.45, 7) is 1.87. The summed E-state index contributed by atoms with van der Waals surface area (Å²) in [6.07, 6.45) is 3.27. The van der Waals surface area contributed by atoms with Crippen molar-refractivity contribution in [2.45, 2.75) is 17.8 Å². The van der Waals surface area contributed by atoms with Crippen LogP contribution in [0.2, 0.25) is 0 Å². The van der Waals surface area contributed by atoms with Gasteiger partial charge in [-0.25, -0.2) is 0 Å². The van der Waals surface area contributed by atoms with E-state index in [1.54, 1.807) is 28.9 Å². The molecule has 106 valence electrons. The molecule has 0 radical (unpaired) electrons. The number of hydrogen-bond acceptors (Lipinski definition) is 5. The van der Waals surface area contributed by atoms with Crippen molar-refractivity contribution >= 4 is 18.0 Å². The van der Waals surface area contributed by atoms with Gasteiger partial charge in [0.15, 0.2) is 5.82 Å². The number of benzene rings is 1. The van der Waals surface area contributed by atoms with Crippen LogP contribution in [0, 0.1) is 6.92 Å². The van der Waals surface area contributed by atoms with E-state index in [9.17, 15) is 0 Å².